The number of rotatable bonds is 11. The molecule has 6 rings (SSSR count). The number of aryl methyl sites for hydroxylation is 1. The molecule has 0 spiro atoms. The summed E-state index contributed by atoms with van der Waals surface area (Å²) in [6, 6.07) is 7.15. The molecule has 230 valence electrons. The molecule has 15 heteroatoms. The van der Waals surface area contributed by atoms with Crippen LogP contribution < -0.4 is 10.1 Å². The van der Waals surface area contributed by atoms with Gasteiger partial charge < -0.3 is 24.1 Å². The van der Waals surface area contributed by atoms with Crippen LogP contribution in [-0.4, -0.2) is 73.2 Å². The summed E-state index contributed by atoms with van der Waals surface area (Å²) in [5, 5.41) is 3.27. The lowest BCUT2D eigenvalue weighted by Crippen LogP contribution is -2.25. The van der Waals surface area contributed by atoms with Gasteiger partial charge in [-0.25, -0.2) is 29.9 Å². The molecule has 0 bridgehead atoms. The number of imidazole rings is 2. The summed E-state index contributed by atoms with van der Waals surface area (Å²) in [6.45, 7) is 0.648. The van der Waals surface area contributed by atoms with E-state index in [0.717, 1.165) is 30.3 Å². The fourth-order valence-corrected chi connectivity index (χ4v) is 4.99. The molecule has 12 nitrogen and oxygen atoms in total. The summed E-state index contributed by atoms with van der Waals surface area (Å²) in [5.74, 6) is 1.83. The van der Waals surface area contributed by atoms with Gasteiger partial charge in [0.05, 0.1) is 32.1 Å². The van der Waals surface area contributed by atoms with Crippen LogP contribution in [0.3, 0.4) is 0 Å². The fourth-order valence-electron chi connectivity index (χ4n) is 4.99. The van der Waals surface area contributed by atoms with Crippen LogP contribution in [-0.2, 0) is 29.2 Å². The van der Waals surface area contributed by atoms with E-state index < -0.39 is 18.2 Å². The quantitative estimate of drug-likeness (QED) is 0.211. The highest BCUT2D eigenvalue weighted by Crippen LogP contribution is 2.45. The lowest BCUT2D eigenvalue weighted by atomic mass is 10.1. The smallest absolute Gasteiger partial charge is 0.434 e. The van der Waals surface area contributed by atoms with Gasteiger partial charge in [0.25, 0.3) is 0 Å². The number of methoxy groups -OCH3 is 3. The zero-order valence-corrected chi connectivity index (χ0v) is 24.5. The van der Waals surface area contributed by atoms with E-state index in [0.29, 0.717) is 59.0 Å². The molecular formula is C29H30F3N9O3. The first-order chi connectivity index (χ1) is 21.2. The van der Waals surface area contributed by atoms with E-state index >= 15 is 0 Å². The molecule has 0 amide bonds. The van der Waals surface area contributed by atoms with Crippen molar-refractivity contribution in [2.24, 2.45) is 7.05 Å². The Morgan fingerprint density at radius 3 is 2.39 bits per heavy atom. The number of fused-ring (bicyclic) bond motifs is 1. The lowest BCUT2D eigenvalue weighted by molar-refractivity contribution is -0.140. The molecular weight excluding hydrogens is 579 g/mol. The molecule has 0 unspecified atom stereocenters. The van der Waals surface area contributed by atoms with Crippen LogP contribution in [0.25, 0.3) is 33.9 Å². The first kappa shape index (κ1) is 29.4. The van der Waals surface area contributed by atoms with Crippen molar-refractivity contribution in [3.63, 3.8) is 0 Å². The Hall–Kier alpha value is -4.63. The van der Waals surface area contributed by atoms with Crippen molar-refractivity contribution < 1.29 is 27.4 Å². The highest BCUT2D eigenvalue weighted by molar-refractivity contribution is 5.78. The van der Waals surface area contributed by atoms with Gasteiger partial charge in [-0.15, -0.1) is 0 Å². The third-order valence-electron chi connectivity index (χ3n) is 7.38. The molecule has 5 aromatic rings. The van der Waals surface area contributed by atoms with E-state index in [4.69, 9.17) is 24.2 Å². The summed E-state index contributed by atoms with van der Waals surface area (Å²) in [7, 11) is 6.18. The normalized spacial score (nSPS) is 13.6. The van der Waals surface area contributed by atoms with Gasteiger partial charge >= 0.3 is 6.18 Å². The van der Waals surface area contributed by atoms with Crippen LogP contribution in [0.15, 0.2) is 43.0 Å². The largest absolute Gasteiger partial charge is 0.480 e. The van der Waals surface area contributed by atoms with Crippen LogP contribution in [0.4, 0.5) is 19.1 Å². The number of hydrogen-bond donors (Lipinski definition) is 1. The minimum atomic E-state index is -4.53. The number of anilines is 1. The Morgan fingerprint density at radius 2 is 1.75 bits per heavy atom. The second-order valence-electron chi connectivity index (χ2n) is 10.4. The molecule has 44 heavy (non-hydrogen) atoms. The molecule has 0 radical (unpaired) electrons. The summed E-state index contributed by atoms with van der Waals surface area (Å²) >= 11 is 0. The number of nitrogens with zero attached hydrogens (tertiary/aromatic N) is 8. The highest BCUT2D eigenvalue weighted by atomic mass is 19.4. The van der Waals surface area contributed by atoms with Gasteiger partial charge in [-0.1, -0.05) is 24.3 Å². The van der Waals surface area contributed by atoms with E-state index in [1.165, 1.54) is 17.9 Å². The summed E-state index contributed by atoms with van der Waals surface area (Å²) in [6.07, 6.45) is 1.11. The van der Waals surface area contributed by atoms with Gasteiger partial charge in [0.2, 0.25) is 11.8 Å². The Bertz CT molecular complexity index is 1780. The number of halogens is 3. The predicted octanol–water partition coefficient (Wildman–Crippen LogP) is 4.67. The molecule has 1 aliphatic carbocycles. The molecule has 1 aromatic carbocycles. The Kier molecular flexibility index (Phi) is 7.90. The number of ether oxygens (including phenoxy) is 3. The van der Waals surface area contributed by atoms with Gasteiger partial charge in [-0.3, -0.25) is 4.57 Å². The van der Waals surface area contributed by atoms with E-state index in [-0.39, 0.29) is 5.82 Å². The summed E-state index contributed by atoms with van der Waals surface area (Å²) in [5.41, 5.74) is 3.08. The monoisotopic (exact) mass is 609 g/mol. The standard InChI is InChI=1S/C29H30F3N9O3/c1-40-14-20(29(30,31)32)38-25(40)18-7-5-16(6-8-18)13-41-26-19(37-28(41)34-12-21(42-2)43-3)11-33-24(39-26)22-23(17-9-10-17)35-15-36-27(22)44-4/h5-8,11,14-15,17,21H,9-10,12-13H2,1-4H3,(H,34,37). The maximum atomic E-state index is 13.2. The van der Waals surface area contributed by atoms with Crippen LogP contribution >= 0.6 is 0 Å². The summed E-state index contributed by atoms with van der Waals surface area (Å²) < 4.78 is 59.1. The van der Waals surface area contributed by atoms with Crippen molar-refractivity contribution in [3.05, 3.63) is 59.9 Å². The third kappa shape index (κ3) is 5.79. The van der Waals surface area contributed by atoms with E-state index in [2.05, 4.69) is 25.3 Å². The van der Waals surface area contributed by atoms with Crippen LogP contribution in [0.2, 0.25) is 0 Å². The minimum absolute atomic E-state index is 0.215. The average molecular weight is 610 g/mol. The van der Waals surface area contributed by atoms with E-state index in [9.17, 15) is 13.2 Å². The summed E-state index contributed by atoms with van der Waals surface area (Å²) in [4.78, 5) is 26.9. The van der Waals surface area contributed by atoms with Gasteiger partial charge in [-0.05, 0) is 18.4 Å². The zero-order valence-electron chi connectivity index (χ0n) is 24.5. The van der Waals surface area contributed by atoms with Gasteiger partial charge in [0, 0.05) is 38.9 Å². The average Bonchev–Trinajstić information content (AvgIpc) is 3.71. The van der Waals surface area contributed by atoms with Crippen molar-refractivity contribution in [3.8, 4) is 28.7 Å². The van der Waals surface area contributed by atoms with Crippen molar-refractivity contribution in [2.45, 2.75) is 37.8 Å². The van der Waals surface area contributed by atoms with Crippen molar-refractivity contribution in [1.82, 2.24) is 39.0 Å². The third-order valence-corrected chi connectivity index (χ3v) is 7.38. The second-order valence-corrected chi connectivity index (χ2v) is 10.4. The predicted molar refractivity (Wildman–Crippen MR) is 154 cm³/mol. The molecule has 4 heterocycles. The number of aromatic nitrogens is 8. The second kappa shape index (κ2) is 11.8. The zero-order chi connectivity index (χ0) is 31.0. The molecule has 0 aliphatic heterocycles. The molecule has 0 saturated heterocycles. The van der Waals surface area contributed by atoms with Gasteiger partial charge in [0.15, 0.2) is 23.5 Å². The van der Waals surface area contributed by atoms with Crippen molar-refractivity contribution >= 4 is 17.1 Å². The highest BCUT2D eigenvalue weighted by Gasteiger charge is 2.35. The van der Waals surface area contributed by atoms with E-state index in [1.54, 1.807) is 39.7 Å². The van der Waals surface area contributed by atoms with Crippen LogP contribution in [0, 0.1) is 0 Å². The minimum Gasteiger partial charge on any atom is -0.480 e. The van der Waals surface area contributed by atoms with Crippen LogP contribution in [0.5, 0.6) is 5.88 Å². The first-order valence-corrected chi connectivity index (χ1v) is 13.8. The molecule has 4 aromatic heterocycles. The molecule has 0 atom stereocenters. The fraction of sp³-hybridized carbons (Fsp3) is 0.379. The first-order valence-electron chi connectivity index (χ1n) is 13.8. The molecule has 1 aliphatic rings. The Morgan fingerprint density at radius 1 is 1.00 bits per heavy atom. The maximum Gasteiger partial charge on any atom is 0.434 e. The van der Waals surface area contributed by atoms with E-state index in [1.807, 2.05) is 16.7 Å². The topological polar surface area (TPSA) is 127 Å². The Labute approximate surface area is 250 Å². The molecule has 1 N–H and O–H groups in total. The number of hydrogen-bond acceptors (Lipinski definition) is 10. The van der Waals surface area contributed by atoms with Crippen molar-refractivity contribution in [1.29, 1.82) is 0 Å². The van der Waals surface area contributed by atoms with Gasteiger partial charge in [-0.2, -0.15) is 13.2 Å². The molecule has 1 fully saturated rings. The SMILES string of the molecule is COc1ncnc(C2CC2)c1-c1ncc2nc(NCC(OC)OC)n(Cc3ccc(-c4nc(C(F)(F)F)cn4C)cc3)c2n1. The molecule has 1 saturated carbocycles. The number of nitrogens with one attached hydrogen (secondary N) is 1. The van der Waals surface area contributed by atoms with Gasteiger partial charge in [0.1, 0.15) is 23.2 Å². The number of benzene rings is 1. The Balaban J connectivity index is 1.38. The lowest BCUT2D eigenvalue weighted by Gasteiger charge is -2.16. The maximum absolute atomic E-state index is 13.2. The number of alkyl halides is 3. The van der Waals surface area contributed by atoms with Crippen LogP contribution in [0.1, 0.15) is 35.7 Å². The van der Waals surface area contributed by atoms with Crippen molar-refractivity contribution in [2.75, 3.05) is 33.2 Å².